The van der Waals surface area contributed by atoms with Gasteiger partial charge in [0.15, 0.2) is 5.78 Å². The number of Topliss-reactive ketones (excluding diaryl/α,β-unsaturated/α-hetero) is 1. The van der Waals surface area contributed by atoms with E-state index in [1.54, 1.807) is 0 Å². The van der Waals surface area contributed by atoms with Gasteiger partial charge in [-0.2, -0.15) is 0 Å². The van der Waals surface area contributed by atoms with Crippen molar-refractivity contribution in [2.24, 2.45) is 0 Å². The van der Waals surface area contributed by atoms with Crippen LogP contribution >= 0.6 is 0 Å². The van der Waals surface area contributed by atoms with Gasteiger partial charge in [0.1, 0.15) is 0 Å². The van der Waals surface area contributed by atoms with Crippen molar-refractivity contribution in [1.82, 2.24) is 4.90 Å². The molecule has 0 bridgehead atoms. The normalized spacial score (nSPS) is 18.2. The minimum atomic E-state index is 0.233. The Balaban J connectivity index is 0.000000581. The van der Waals surface area contributed by atoms with E-state index in [0.717, 1.165) is 11.1 Å². The van der Waals surface area contributed by atoms with Crippen molar-refractivity contribution < 1.29 is 4.79 Å². The van der Waals surface area contributed by atoms with Gasteiger partial charge < -0.3 is 0 Å². The Morgan fingerprint density at radius 2 is 1.65 bits per heavy atom. The highest BCUT2D eigenvalue weighted by Crippen LogP contribution is 2.27. The van der Waals surface area contributed by atoms with Crippen LogP contribution in [0.15, 0.2) is 24.3 Å². The molecule has 1 aliphatic heterocycles. The van der Waals surface area contributed by atoms with Gasteiger partial charge in [0.05, 0.1) is 6.54 Å². The second-order valence-electron chi connectivity index (χ2n) is 3.60. The van der Waals surface area contributed by atoms with Gasteiger partial charge in [0.2, 0.25) is 0 Å². The summed E-state index contributed by atoms with van der Waals surface area (Å²) >= 11 is 0. The molecule has 0 aromatic heterocycles. The van der Waals surface area contributed by atoms with Crippen LogP contribution in [0.3, 0.4) is 0 Å². The first-order valence-electron chi connectivity index (χ1n) is 6.52. The largest absolute Gasteiger partial charge is 0.293 e. The summed E-state index contributed by atoms with van der Waals surface area (Å²) < 4.78 is 0. The summed E-state index contributed by atoms with van der Waals surface area (Å²) in [6.07, 6.45) is 0. The van der Waals surface area contributed by atoms with Gasteiger partial charge in [0.25, 0.3) is 0 Å². The maximum absolute atomic E-state index is 11.6. The van der Waals surface area contributed by atoms with Crippen molar-refractivity contribution in [3.05, 3.63) is 35.4 Å². The summed E-state index contributed by atoms with van der Waals surface area (Å²) in [6.45, 7) is 10.7. The molecule has 0 N–H and O–H groups in total. The van der Waals surface area contributed by atoms with Crippen LogP contribution in [0.4, 0.5) is 0 Å². The van der Waals surface area contributed by atoms with E-state index in [9.17, 15) is 4.79 Å². The molecular formula is C15H25NO. The van der Waals surface area contributed by atoms with Gasteiger partial charge in [-0.05, 0) is 19.5 Å². The van der Waals surface area contributed by atoms with E-state index in [1.165, 1.54) is 0 Å². The molecule has 0 saturated carbocycles. The van der Waals surface area contributed by atoms with E-state index in [0.29, 0.717) is 12.6 Å². The number of carbonyl (C=O) groups excluding carboxylic acids is 1. The number of likely N-dealkylation sites (N-methyl/N-ethyl adjacent to an activating group) is 1. The molecule has 17 heavy (non-hydrogen) atoms. The van der Waals surface area contributed by atoms with Gasteiger partial charge in [-0.15, -0.1) is 0 Å². The van der Waals surface area contributed by atoms with Crippen LogP contribution in [0, 0.1) is 0 Å². The SMILES string of the molecule is CC.CC.CC1c2ccccc2C(=O)CN1C. The Morgan fingerprint density at radius 3 is 2.24 bits per heavy atom. The number of benzene rings is 1. The second kappa shape index (κ2) is 8.02. The Morgan fingerprint density at radius 1 is 1.12 bits per heavy atom. The third-order valence-electron chi connectivity index (χ3n) is 2.77. The maximum Gasteiger partial charge on any atom is 0.177 e. The van der Waals surface area contributed by atoms with Crippen molar-refractivity contribution in [2.45, 2.75) is 40.7 Å². The number of carbonyl (C=O) groups is 1. The zero-order valence-electron chi connectivity index (χ0n) is 11.9. The van der Waals surface area contributed by atoms with Crippen molar-refractivity contribution in [3.8, 4) is 0 Å². The van der Waals surface area contributed by atoms with Gasteiger partial charge in [-0.3, -0.25) is 9.69 Å². The lowest BCUT2D eigenvalue weighted by Gasteiger charge is -2.30. The molecule has 2 rings (SSSR count). The molecule has 0 saturated heterocycles. The first-order chi connectivity index (χ1) is 8.20. The highest BCUT2D eigenvalue weighted by atomic mass is 16.1. The monoisotopic (exact) mass is 235 g/mol. The average Bonchev–Trinajstić information content (AvgIpc) is 2.41. The maximum atomic E-state index is 11.6. The lowest BCUT2D eigenvalue weighted by atomic mass is 9.93. The smallest absolute Gasteiger partial charge is 0.177 e. The molecule has 1 aromatic carbocycles. The van der Waals surface area contributed by atoms with E-state index in [4.69, 9.17) is 0 Å². The molecule has 0 radical (unpaired) electrons. The third-order valence-corrected chi connectivity index (χ3v) is 2.77. The second-order valence-corrected chi connectivity index (χ2v) is 3.60. The topological polar surface area (TPSA) is 20.3 Å². The quantitative estimate of drug-likeness (QED) is 0.679. The number of hydrogen-bond acceptors (Lipinski definition) is 2. The molecule has 2 heteroatoms. The number of hydrogen-bond donors (Lipinski definition) is 0. The molecule has 1 unspecified atom stereocenters. The number of rotatable bonds is 0. The minimum absolute atomic E-state index is 0.233. The Bertz CT molecular complexity index is 347. The standard InChI is InChI=1S/C11H13NO.2C2H6/c1-8-9-5-3-4-6-10(9)11(13)7-12(8)2;2*1-2/h3-6,8H,7H2,1-2H3;2*1-2H3. The van der Waals surface area contributed by atoms with E-state index in [1.807, 2.05) is 59.0 Å². The first kappa shape index (κ1) is 15.9. The lowest BCUT2D eigenvalue weighted by molar-refractivity contribution is 0.0895. The average molecular weight is 235 g/mol. The fourth-order valence-corrected chi connectivity index (χ4v) is 1.80. The van der Waals surface area contributed by atoms with Crippen molar-refractivity contribution >= 4 is 5.78 Å². The van der Waals surface area contributed by atoms with Crippen LogP contribution in [0.2, 0.25) is 0 Å². The molecule has 2 nitrogen and oxygen atoms in total. The highest BCUT2D eigenvalue weighted by molar-refractivity contribution is 6.00. The Kier molecular flexibility index (Phi) is 7.47. The van der Waals surface area contributed by atoms with Crippen molar-refractivity contribution in [2.75, 3.05) is 13.6 Å². The summed E-state index contributed by atoms with van der Waals surface area (Å²) in [6, 6.07) is 8.22. The molecule has 0 amide bonds. The summed E-state index contributed by atoms with van der Waals surface area (Å²) in [7, 11) is 1.98. The van der Waals surface area contributed by atoms with Gasteiger partial charge in [-0.1, -0.05) is 52.0 Å². The fourth-order valence-electron chi connectivity index (χ4n) is 1.80. The molecule has 1 aromatic rings. The minimum Gasteiger partial charge on any atom is -0.293 e. The predicted molar refractivity (Wildman–Crippen MR) is 74.5 cm³/mol. The summed E-state index contributed by atoms with van der Waals surface area (Å²) in [5.41, 5.74) is 2.05. The molecule has 0 spiro atoms. The highest BCUT2D eigenvalue weighted by Gasteiger charge is 2.25. The van der Waals surface area contributed by atoms with Crippen LogP contribution in [-0.4, -0.2) is 24.3 Å². The van der Waals surface area contributed by atoms with Crippen molar-refractivity contribution in [3.63, 3.8) is 0 Å². The van der Waals surface area contributed by atoms with E-state index in [-0.39, 0.29) is 5.78 Å². The van der Waals surface area contributed by atoms with E-state index in [2.05, 4.69) is 11.8 Å². The van der Waals surface area contributed by atoms with Crippen LogP contribution in [0.25, 0.3) is 0 Å². The molecule has 1 aliphatic rings. The molecule has 0 fully saturated rings. The molecular weight excluding hydrogens is 210 g/mol. The number of nitrogens with zero attached hydrogens (tertiary/aromatic N) is 1. The number of fused-ring (bicyclic) bond motifs is 1. The Labute approximate surface area is 106 Å². The predicted octanol–water partition coefficient (Wildman–Crippen LogP) is 3.93. The van der Waals surface area contributed by atoms with Crippen LogP contribution in [-0.2, 0) is 0 Å². The summed E-state index contributed by atoms with van der Waals surface area (Å²) in [5, 5.41) is 0. The van der Waals surface area contributed by atoms with Crippen LogP contribution in [0.1, 0.15) is 56.6 Å². The molecule has 1 atom stereocenters. The zero-order chi connectivity index (χ0) is 13.4. The lowest BCUT2D eigenvalue weighted by Crippen LogP contribution is -2.34. The summed E-state index contributed by atoms with van der Waals surface area (Å²) in [5.74, 6) is 0.233. The molecule has 0 aliphatic carbocycles. The fraction of sp³-hybridized carbons (Fsp3) is 0.533. The summed E-state index contributed by atoms with van der Waals surface area (Å²) in [4.78, 5) is 13.7. The number of ketones is 1. The molecule has 1 heterocycles. The van der Waals surface area contributed by atoms with E-state index < -0.39 is 0 Å². The van der Waals surface area contributed by atoms with Crippen molar-refractivity contribution in [1.29, 1.82) is 0 Å². The van der Waals surface area contributed by atoms with Gasteiger partial charge in [-0.25, -0.2) is 0 Å². The first-order valence-corrected chi connectivity index (χ1v) is 6.52. The van der Waals surface area contributed by atoms with Gasteiger partial charge in [0, 0.05) is 11.6 Å². The molecule has 96 valence electrons. The van der Waals surface area contributed by atoms with Crippen LogP contribution < -0.4 is 0 Å². The van der Waals surface area contributed by atoms with Crippen LogP contribution in [0.5, 0.6) is 0 Å². The third kappa shape index (κ3) is 3.67. The van der Waals surface area contributed by atoms with E-state index >= 15 is 0 Å². The zero-order valence-corrected chi connectivity index (χ0v) is 11.9. The van der Waals surface area contributed by atoms with Gasteiger partial charge >= 0.3 is 0 Å². The Hall–Kier alpha value is -1.15.